The Hall–Kier alpha value is -1.51. The molecule has 3 heteroatoms. The molecule has 0 aromatic heterocycles. The topological polar surface area (TPSA) is 35.5 Å². The highest BCUT2D eigenvalue weighted by Gasteiger charge is 2.22. The van der Waals surface area contributed by atoms with Crippen molar-refractivity contribution in [2.45, 2.75) is 26.2 Å². The van der Waals surface area contributed by atoms with Crippen LogP contribution in [0.1, 0.15) is 31.7 Å². The summed E-state index contributed by atoms with van der Waals surface area (Å²) in [6.45, 7) is 4.19. The standard InChI is InChI=1S/C14H20O3/c1-10(2)12(9-14(15)17-4)11-7-5-6-8-13(11)16-3/h5-8,10,12H,9H2,1-4H3. The molecule has 0 N–H and O–H groups in total. The van der Waals surface area contributed by atoms with Gasteiger partial charge in [0.05, 0.1) is 20.6 Å². The van der Waals surface area contributed by atoms with Crippen molar-refractivity contribution in [2.75, 3.05) is 14.2 Å². The maximum atomic E-state index is 11.4. The van der Waals surface area contributed by atoms with Crippen LogP contribution in [0.4, 0.5) is 0 Å². The number of ether oxygens (including phenoxy) is 2. The maximum absolute atomic E-state index is 11.4. The number of hydrogen-bond donors (Lipinski definition) is 0. The van der Waals surface area contributed by atoms with E-state index in [1.165, 1.54) is 7.11 Å². The van der Waals surface area contributed by atoms with Gasteiger partial charge >= 0.3 is 5.97 Å². The molecular formula is C14H20O3. The van der Waals surface area contributed by atoms with Crippen LogP contribution in [-0.4, -0.2) is 20.2 Å². The molecule has 94 valence electrons. The summed E-state index contributed by atoms with van der Waals surface area (Å²) in [6.07, 6.45) is 0.383. The van der Waals surface area contributed by atoms with Crippen molar-refractivity contribution in [3.05, 3.63) is 29.8 Å². The van der Waals surface area contributed by atoms with Gasteiger partial charge in [0.25, 0.3) is 0 Å². The van der Waals surface area contributed by atoms with Gasteiger partial charge in [-0.15, -0.1) is 0 Å². The zero-order valence-electron chi connectivity index (χ0n) is 10.9. The van der Waals surface area contributed by atoms with Crippen LogP contribution in [0, 0.1) is 5.92 Å². The molecule has 0 heterocycles. The first-order valence-corrected chi connectivity index (χ1v) is 5.79. The Labute approximate surface area is 103 Å². The van der Waals surface area contributed by atoms with E-state index in [4.69, 9.17) is 9.47 Å². The van der Waals surface area contributed by atoms with Gasteiger partial charge in [0.1, 0.15) is 5.75 Å². The number of hydrogen-bond acceptors (Lipinski definition) is 3. The summed E-state index contributed by atoms with van der Waals surface area (Å²) in [5.74, 6) is 1.12. The van der Waals surface area contributed by atoms with Crippen LogP contribution in [0.15, 0.2) is 24.3 Å². The second kappa shape index (κ2) is 6.28. The molecule has 0 aliphatic carbocycles. The largest absolute Gasteiger partial charge is 0.496 e. The second-order valence-corrected chi connectivity index (χ2v) is 4.37. The van der Waals surface area contributed by atoms with E-state index in [-0.39, 0.29) is 11.9 Å². The Morgan fingerprint density at radius 1 is 1.24 bits per heavy atom. The van der Waals surface area contributed by atoms with Crippen LogP contribution >= 0.6 is 0 Å². The van der Waals surface area contributed by atoms with Gasteiger partial charge in [-0.25, -0.2) is 0 Å². The molecule has 0 aliphatic rings. The lowest BCUT2D eigenvalue weighted by molar-refractivity contribution is -0.141. The number of methoxy groups -OCH3 is 2. The molecule has 0 saturated heterocycles. The molecular weight excluding hydrogens is 216 g/mol. The zero-order valence-corrected chi connectivity index (χ0v) is 10.9. The van der Waals surface area contributed by atoms with Crippen molar-refractivity contribution in [3.63, 3.8) is 0 Å². The van der Waals surface area contributed by atoms with E-state index in [1.807, 2.05) is 24.3 Å². The van der Waals surface area contributed by atoms with Crippen molar-refractivity contribution in [2.24, 2.45) is 5.92 Å². The number of carbonyl (C=O) groups excluding carboxylic acids is 1. The maximum Gasteiger partial charge on any atom is 0.306 e. The molecule has 0 aliphatic heterocycles. The van der Waals surface area contributed by atoms with Crippen molar-refractivity contribution in [1.29, 1.82) is 0 Å². The highest BCUT2D eigenvalue weighted by Crippen LogP contribution is 2.34. The van der Waals surface area contributed by atoms with Gasteiger partial charge in [0, 0.05) is 5.92 Å². The molecule has 0 amide bonds. The first-order valence-electron chi connectivity index (χ1n) is 5.79. The third-order valence-corrected chi connectivity index (χ3v) is 2.96. The summed E-state index contributed by atoms with van der Waals surface area (Å²) in [7, 11) is 3.07. The Morgan fingerprint density at radius 3 is 2.41 bits per heavy atom. The molecule has 0 bridgehead atoms. The quantitative estimate of drug-likeness (QED) is 0.737. The first kappa shape index (κ1) is 13.6. The fourth-order valence-corrected chi connectivity index (χ4v) is 1.94. The van der Waals surface area contributed by atoms with Gasteiger partial charge in [-0.05, 0) is 17.5 Å². The minimum absolute atomic E-state index is 0.124. The summed E-state index contributed by atoms with van der Waals surface area (Å²) < 4.78 is 10.1. The van der Waals surface area contributed by atoms with Gasteiger partial charge in [-0.1, -0.05) is 32.0 Å². The number of esters is 1. The van der Waals surface area contributed by atoms with E-state index in [0.29, 0.717) is 12.3 Å². The third kappa shape index (κ3) is 3.48. The highest BCUT2D eigenvalue weighted by molar-refractivity contribution is 5.70. The smallest absolute Gasteiger partial charge is 0.306 e. The normalized spacial score (nSPS) is 12.3. The lowest BCUT2D eigenvalue weighted by atomic mass is 9.85. The van der Waals surface area contributed by atoms with Crippen LogP contribution in [-0.2, 0) is 9.53 Å². The Kier molecular flexibility index (Phi) is 5.01. The zero-order chi connectivity index (χ0) is 12.8. The summed E-state index contributed by atoms with van der Waals surface area (Å²) in [6, 6.07) is 7.82. The number of benzene rings is 1. The van der Waals surface area contributed by atoms with Crippen LogP contribution < -0.4 is 4.74 Å². The van der Waals surface area contributed by atoms with E-state index in [9.17, 15) is 4.79 Å². The monoisotopic (exact) mass is 236 g/mol. The van der Waals surface area contributed by atoms with Crippen molar-refractivity contribution in [1.82, 2.24) is 0 Å². The average molecular weight is 236 g/mol. The summed E-state index contributed by atoms with van der Waals surface area (Å²) in [4.78, 5) is 11.4. The highest BCUT2D eigenvalue weighted by atomic mass is 16.5. The molecule has 0 saturated carbocycles. The van der Waals surface area contributed by atoms with Crippen LogP contribution in [0.3, 0.4) is 0 Å². The van der Waals surface area contributed by atoms with Gasteiger partial charge in [0.15, 0.2) is 0 Å². The predicted molar refractivity (Wildman–Crippen MR) is 67.2 cm³/mol. The predicted octanol–water partition coefficient (Wildman–Crippen LogP) is 3.00. The fraction of sp³-hybridized carbons (Fsp3) is 0.500. The fourth-order valence-electron chi connectivity index (χ4n) is 1.94. The van der Waals surface area contributed by atoms with Crippen LogP contribution in [0.2, 0.25) is 0 Å². The van der Waals surface area contributed by atoms with Gasteiger partial charge in [-0.2, -0.15) is 0 Å². The number of para-hydroxylation sites is 1. The third-order valence-electron chi connectivity index (χ3n) is 2.96. The van der Waals surface area contributed by atoms with Crippen LogP contribution in [0.25, 0.3) is 0 Å². The first-order chi connectivity index (χ1) is 8.10. The van der Waals surface area contributed by atoms with E-state index in [2.05, 4.69) is 13.8 Å². The molecule has 0 radical (unpaired) electrons. The molecule has 1 atom stereocenters. The molecule has 1 aromatic carbocycles. The van der Waals surface area contributed by atoms with Gasteiger partial charge in [-0.3, -0.25) is 4.79 Å². The van der Waals surface area contributed by atoms with Crippen molar-refractivity contribution in [3.8, 4) is 5.75 Å². The molecule has 3 nitrogen and oxygen atoms in total. The SMILES string of the molecule is COC(=O)CC(c1ccccc1OC)C(C)C. The molecule has 1 aromatic rings. The van der Waals surface area contributed by atoms with Crippen LogP contribution in [0.5, 0.6) is 5.75 Å². The molecule has 1 unspecified atom stereocenters. The van der Waals surface area contributed by atoms with E-state index >= 15 is 0 Å². The Bertz CT molecular complexity index is 371. The Balaban J connectivity index is 3.01. The molecule has 17 heavy (non-hydrogen) atoms. The van der Waals surface area contributed by atoms with Crippen molar-refractivity contribution < 1.29 is 14.3 Å². The van der Waals surface area contributed by atoms with E-state index < -0.39 is 0 Å². The van der Waals surface area contributed by atoms with E-state index in [0.717, 1.165) is 11.3 Å². The van der Waals surface area contributed by atoms with Gasteiger partial charge < -0.3 is 9.47 Å². The summed E-state index contributed by atoms with van der Waals surface area (Å²) in [5.41, 5.74) is 1.07. The van der Waals surface area contributed by atoms with Gasteiger partial charge in [0.2, 0.25) is 0 Å². The number of carbonyl (C=O) groups is 1. The minimum Gasteiger partial charge on any atom is -0.496 e. The van der Waals surface area contributed by atoms with Crippen molar-refractivity contribution >= 4 is 5.97 Å². The lowest BCUT2D eigenvalue weighted by Gasteiger charge is -2.22. The molecule has 0 spiro atoms. The summed E-state index contributed by atoms with van der Waals surface area (Å²) >= 11 is 0. The second-order valence-electron chi connectivity index (χ2n) is 4.37. The lowest BCUT2D eigenvalue weighted by Crippen LogP contribution is -2.14. The Morgan fingerprint density at radius 2 is 1.88 bits per heavy atom. The minimum atomic E-state index is -0.186. The summed E-state index contributed by atoms with van der Waals surface area (Å²) in [5, 5.41) is 0. The molecule has 0 fully saturated rings. The average Bonchev–Trinajstić information content (AvgIpc) is 2.35. The number of rotatable bonds is 5. The van der Waals surface area contributed by atoms with E-state index in [1.54, 1.807) is 7.11 Å². The molecule has 1 rings (SSSR count).